The smallest absolute Gasteiger partial charge is 0.423 e. The van der Waals surface area contributed by atoms with E-state index in [0.29, 0.717) is 0 Å². The first-order valence-corrected chi connectivity index (χ1v) is 1.66. The highest BCUT2D eigenvalue weighted by atomic mass is 16.2. The zero-order chi connectivity index (χ0) is 4.99. The van der Waals surface area contributed by atoms with Gasteiger partial charge < -0.3 is 10.4 Å². The van der Waals surface area contributed by atoms with Crippen molar-refractivity contribution in [3.05, 3.63) is 0 Å². The minimum Gasteiger partial charge on any atom is -0.432 e. The molecule has 0 aromatic carbocycles. The van der Waals surface area contributed by atoms with Crippen LogP contribution in [0.4, 0.5) is 0 Å². The monoisotopic (exact) mass is 86.1 g/mol. The average Bonchev–Trinajstić information content (AvgIpc) is 1.35. The molecule has 0 fully saturated rings. The Balaban J connectivity index is 2.81. The topological polar surface area (TPSA) is 44.6 Å². The molecule has 0 heterocycles. The fraction of sp³-hybridized carbons (Fsp3) is 0.500. The van der Waals surface area contributed by atoms with E-state index >= 15 is 0 Å². The molecule has 0 unspecified atom stereocenters. The van der Waals surface area contributed by atoms with Crippen LogP contribution in [0, 0.1) is 0 Å². The maximum Gasteiger partial charge on any atom is 0.423 e. The molecule has 0 amide bonds. The van der Waals surface area contributed by atoms with Gasteiger partial charge in [0.1, 0.15) is 0 Å². The highest BCUT2D eigenvalue weighted by molar-refractivity contribution is 6.45. The maximum absolute atomic E-state index is 8.31. The van der Waals surface area contributed by atoms with E-state index in [-0.39, 0.29) is 0 Å². The van der Waals surface area contributed by atoms with Crippen molar-refractivity contribution in [3.63, 3.8) is 0 Å². The lowest BCUT2D eigenvalue weighted by molar-refractivity contribution is 0.559. The van der Waals surface area contributed by atoms with Crippen molar-refractivity contribution in [1.29, 1.82) is 0 Å². The highest BCUT2D eigenvalue weighted by Gasteiger charge is 1.93. The van der Waals surface area contributed by atoms with Crippen LogP contribution in [-0.4, -0.2) is 18.8 Å². The Kier molecular flexibility index (Phi) is 2.49. The second kappa shape index (κ2) is 2.72. The second-order valence-electron chi connectivity index (χ2n) is 0.963. The molecule has 0 aliphatic heterocycles. The zero-order valence-electron chi connectivity index (χ0n) is 3.68. The second-order valence-corrected chi connectivity index (χ2v) is 0.963. The Hall–Kier alpha value is -0.505. The van der Waals surface area contributed by atoms with Crippen molar-refractivity contribution in [2.45, 2.75) is 6.82 Å². The van der Waals surface area contributed by atoms with E-state index in [0.717, 1.165) is 0 Å². The molecule has 3 nitrogen and oxygen atoms in total. The van der Waals surface area contributed by atoms with Gasteiger partial charge >= 0.3 is 7.05 Å². The molecule has 0 aromatic heterocycles. The van der Waals surface area contributed by atoms with E-state index < -0.39 is 7.05 Å². The molecule has 0 saturated carbocycles. The molecule has 4 heteroatoms. The van der Waals surface area contributed by atoms with Crippen LogP contribution in [0.15, 0.2) is 5.10 Å². The Morgan fingerprint density at radius 2 is 2.50 bits per heavy atom. The number of hydrogen-bond acceptors (Lipinski definition) is 3. The lowest BCUT2D eigenvalue weighted by Gasteiger charge is -1.91. The van der Waals surface area contributed by atoms with E-state index in [9.17, 15) is 0 Å². The van der Waals surface area contributed by atoms with Crippen molar-refractivity contribution in [3.8, 4) is 0 Å². The van der Waals surface area contributed by atoms with Crippen LogP contribution in [0.2, 0.25) is 6.82 Å². The van der Waals surface area contributed by atoms with Crippen molar-refractivity contribution < 1.29 is 5.02 Å². The van der Waals surface area contributed by atoms with Gasteiger partial charge in [-0.3, -0.25) is 0 Å². The predicted molar refractivity (Wildman–Crippen MR) is 26.5 cm³/mol. The summed E-state index contributed by atoms with van der Waals surface area (Å²) in [5.74, 6) is 0. The van der Waals surface area contributed by atoms with Crippen molar-refractivity contribution in [2.24, 2.45) is 5.10 Å². The van der Waals surface area contributed by atoms with Crippen LogP contribution in [0.3, 0.4) is 0 Å². The van der Waals surface area contributed by atoms with E-state index in [1.54, 1.807) is 6.82 Å². The van der Waals surface area contributed by atoms with Crippen LogP contribution in [0.25, 0.3) is 0 Å². The van der Waals surface area contributed by atoms with Gasteiger partial charge in [0.25, 0.3) is 0 Å². The average molecular weight is 85.9 g/mol. The van der Waals surface area contributed by atoms with E-state index in [1.165, 1.54) is 0 Å². The summed E-state index contributed by atoms with van der Waals surface area (Å²) in [4.78, 5) is 0. The third kappa shape index (κ3) is 3.49. The molecular weight excluding hydrogens is 78.8 g/mol. The van der Waals surface area contributed by atoms with E-state index in [2.05, 4.69) is 17.2 Å². The van der Waals surface area contributed by atoms with Gasteiger partial charge in [0, 0.05) is 6.72 Å². The molecule has 0 radical (unpaired) electrons. The minimum atomic E-state index is -0.581. The summed E-state index contributed by atoms with van der Waals surface area (Å²) in [6.45, 7) is 4.64. The van der Waals surface area contributed by atoms with Crippen LogP contribution >= 0.6 is 0 Å². The summed E-state index contributed by atoms with van der Waals surface area (Å²) in [5, 5.41) is 13.8. The van der Waals surface area contributed by atoms with Gasteiger partial charge in [-0.2, -0.15) is 0 Å². The van der Waals surface area contributed by atoms with Gasteiger partial charge in [0.05, 0.1) is 0 Å². The SMILES string of the molecule is C=NNB(C)O. The number of nitrogens with one attached hydrogen (secondary N) is 1. The highest BCUT2D eigenvalue weighted by Crippen LogP contribution is 1.59. The normalized spacial score (nSPS) is 7.00. The van der Waals surface area contributed by atoms with Crippen molar-refractivity contribution >= 4 is 13.8 Å². The minimum absolute atomic E-state index is 0.581. The van der Waals surface area contributed by atoms with Gasteiger partial charge in [-0.15, -0.1) is 0 Å². The van der Waals surface area contributed by atoms with Crippen LogP contribution < -0.4 is 5.34 Å². The third-order valence-corrected chi connectivity index (χ3v) is 0.278. The maximum atomic E-state index is 8.31. The molecule has 0 rings (SSSR count). The standard InChI is InChI=1S/C2H7BN2O/c1-3(6)5-4-2/h5-6H,2H2,1H3. The number of nitrogens with zero attached hydrogens (tertiary/aromatic N) is 1. The number of hydrazone groups is 1. The largest absolute Gasteiger partial charge is 0.432 e. The van der Waals surface area contributed by atoms with Crippen LogP contribution in [0.5, 0.6) is 0 Å². The Morgan fingerprint density at radius 3 is 2.50 bits per heavy atom. The first kappa shape index (κ1) is 5.49. The summed E-state index contributed by atoms with van der Waals surface area (Å²) >= 11 is 0. The molecule has 34 valence electrons. The predicted octanol–water partition coefficient (Wildman–Crippen LogP) is -0.698. The summed E-state index contributed by atoms with van der Waals surface area (Å²) < 4.78 is 0. The van der Waals surface area contributed by atoms with Crippen molar-refractivity contribution in [1.82, 2.24) is 5.34 Å². The summed E-state index contributed by atoms with van der Waals surface area (Å²) in [6, 6.07) is 0. The lowest BCUT2D eigenvalue weighted by atomic mass is 9.91. The molecule has 0 atom stereocenters. The van der Waals surface area contributed by atoms with Gasteiger partial charge in [0.15, 0.2) is 0 Å². The molecule has 0 aliphatic carbocycles. The summed E-state index contributed by atoms with van der Waals surface area (Å²) in [5.41, 5.74) is 0. The summed E-state index contributed by atoms with van der Waals surface area (Å²) in [7, 11) is -0.581. The van der Waals surface area contributed by atoms with Crippen molar-refractivity contribution in [2.75, 3.05) is 0 Å². The molecular formula is C2H7BN2O. The molecule has 0 aliphatic rings. The fourth-order valence-electron chi connectivity index (χ4n) is 0.132. The first-order chi connectivity index (χ1) is 2.77. The molecule has 6 heavy (non-hydrogen) atoms. The molecule has 0 saturated heterocycles. The van der Waals surface area contributed by atoms with Gasteiger partial charge in [-0.1, -0.05) is 0 Å². The Morgan fingerprint density at radius 1 is 2.00 bits per heavy atom. The number of hydrogen-bond donors (Lipinski definition) is 2. The Labute approximate surface area is 37.2 Å². The first-order valence-electron chi connectivity index (χ1n) is 1.66. The molecule has 0 spiro atoms. The van der Waals surface area contributed by atoms with E-state index in [4.69, 9.17) is 5.02 Å². The Bertz CT molecular complexity index is 46.8. The third-order valence-electron chi connectivity index (χ3n) is 0.278. The van der Waals surface area contributed by atoms with Gasteiger partial charge in [-0.05, 0) is 6.82 Å². The number of rotatable bonds is 2. The van der Waals surface area contributed by atoms with Gasteiger partial charge in [-0.25, -0.2) is 5.10 Å². The van der Waals surface area contributed by atoms with Gasteiger partial charge in [0.2, 0.25) is 0 Å². The lowest BCUT2D eigenvalue weighted by Crippen LogP contribution is -2.24. The van der Waals surface area contributed by atoms with Crippen LogP contribution in [-0.2, 0) is 0 Å². The zero-order valence-corrected chi connectivity index (χ0v) is 3.68. The molecule has 0 bridgehead atoms. The van der Waals surface area contributed by atoms with E-state index in [1.807, 2.05) is 0 Å². The van der Waals surface area contributed by atoms with Crippen LogP contribution in [0.1, 0.15) is 0 Å². The molecule has 2 N–H and O–H groups in total. The summed E-state index contributed by atoms with van der Waals surface area (Å²) in [6.07, 6.45) is 0. The molecule has 0 aromatic rings. The quantitative estimate of drug-likeness (QED) is 0.265. The fourth-order valence-corrected chi connectivity index (χ4v) is 0.132.